The zero-order chi connectivity index (χ0) is 22.1. The van der Waals surface area contributed by atoms with E-state index in [1.807, 2.05) is 30.3 Å². The van der Waals surface area contributed by atoms with E-state index < -0.39 is 5.91 Å². The quantitative estimate of drug-likeness (QED) is 0.498. The number of aromatic nitrogens is 4. The van der Waals surface area contributed by atoms with Gasteiger partial charge in [-0.1, -0.05) is 50.2 Å². The molecule has 158 valence electrons. The van der Waals surface area contributed by atoms with Crippen LogP contribution in [0.5, 0.6) is 5.75 Å². The van der Waals surface area contributed by atoms with Gasteiger partial charge >= 0.3 is 0 Å². The molecule has 0 aliphatic carbocycles. The minimum absolute atomic E-state index is 0.180. The number of methoxy groups -OCH3 is 1. The fraction of sp³-hybridized carbons (Fsp3) is 0.217. The number of carbonyl (C=O) groups is 1. The van der Waals surface area contributed by atoms with Gasteiger partial charge in [-0.3, -0.25) is 4.79 Å². The molecule has 0 saturated heterocycles. The summed E-state index contributed by atoms with van der Waals surface area (Å²) in [6, 6.07) is 13.4. The molecule has 0 saturated carbocycles. The first kappa shape index (κ1) is 20.3. The number of nitrogen functional groups attached to an aromatic ring is 1. The summed E-state index contributed by atoms with van der Waals surface area (Å²) >= 11 is 0. The minimum atomic E-state index is -0.513. The van der Waals surface area contributed by atoms with Gasteiger partial charge in [0.2, 0.25) is 0 Å². The number of amides is 1. The minimum Gasteiger partial charge on any atom is -0.496 e. The van der Waals surface area contributed by atoms with Gasteiger partial charge in [-0.2, -0.15) is 5.10 Å². The van der Waals surface area contributed by atoms with Gasteiger partial charge in [0.15, 0.2) is 5.82 Å². The molecule has 4 N–H and O–H groups in total. The van der Waals surface area contributed by atoms with Crippen molar-refractivity contribution in [3.8, 4) is 17.0 Å². The molecule has 0 atom stereocenters. The van der Waals surface area contributed by atoms with Crippen molar-refractivity contribution in [2.24, 2.45) is 5.73 Å². The molecule has 0 radical (unpaired) electrons. The molecule has 8 nitrogen and oxygen atoms in total. The van der Waals surface area contributed by atoms with Crippen molar-refractivity contribution in [1.29, 1.82) is 0 Å². The van der Waals surface area contributed by atoms with Gasteiger partial charge in [-0.05, 0) is 17.2 Å². The highest BCUT2D eigenvalue weighted by Crippen LogP contribution is 2.31. The van der Waals surface area contributed by atoms with Gasteiger partial charge in [0, 0.05) is 17.9 Å². The van der Waals surface area contributed by atoms with Crippen LogP contribution in [0.25, 0.3) is 16.8 Å². The van der Waals surface area contributed by atoms with Crippen LogP contribution in [0.3, 0.4) is 0 Å². The molecule has 1 amide bonds. The number of benzene rings is 2. The SMILES string of the molecule is COc1c(Cc2ccc(-c3nc(C(C)C)n4ncnc(N)c34)cc2)cccc1C(N)=O. The summed E-state index contributed by atoms with van der Waals surface area (Å²) in [5, 5.41) is 4.34. The van der Waals surface area contributed by atoms with Crippen molar-refractivity contribution in [3.05, 3.63) is 71.3 Å². The number of carbonyl (C=O) groups excluding carboxylic acids is 1. The van der Waals surface area contributed by atoms with Gasteiger partial charge in [-0.15, -0.1) is 0 Å². The second kappa shape index (κ2) is 8.06. The van der Waals surface area contributed by atoms with Crippen LogP contribution in [0.15, 0.2) is 48.8 Å². The smallest absolute Gasteiger partial charge is 0.252 e. The molecule has 8 heteroatoms. The third-order valence-electron chi connectivity index (χ3n) is 5.19. The molecule has 0 fully saturated rings. The van der Waals surface area contributed by atoms with E-state index in [1.54, 1.807) is 16.6 Å². The van der Waals surface area contributed by atoms with Gasteiger partial charge in [0.05, 0.1) is 12.7 Å². The number of rotatable bonds is 6. The fourth-order valence-electron chi connectivity index (χ4n) is 3.71. The lowest BCUT2D eigenvalue weighted by Crippen LogP contribution is -2.13. The highest BCUT2D eigenvalue weighted by molar-refractivity contribution is 5.96. The van der Waals surface area contributed by atoms with E-state index in [0.29, 0.717) is 29.1 Å². The van der Waals surface area contributed by atoms with Crippen LogP contribution in [-0.4, -0.2) is 32.6 Å². The first-order chi connectivity index (χ1) is 14.9. The Labute approximate surface area is 179 Å². The van der Waals surface area contributed by atoms with E-state index in [4.69, 9.17) is 21.2 Å². The maximum atomic E-state index is 11.7. The largest absolute Gasteiger partial charge is 0.496 e. The lowest BCUT2D eigenvalue weighted by atomic mass is 9.99. The summed E-state index contributed by atoms with van der Waals surface area (Å²) in [5.74, 6) is 1.39. The van der Waals surface area contributed by atoms with Gasteiger partial charge in [-0.25, -0.2) is 14.5 Å². The number of nitrogens with zero attached hydrogens (tertiary/aromatic N) is 4. The molecule has 4 aromatic rings. The number of fused-ring (bicyclic) bond motifs is 1. The number of para-hydroxylation sites is 1. The maximum Gasteiger partial charge on any atom is 0.252 e. The average Bonchev–Trinajstić information content (AvgIpc) is 3.15. The highest BCUT2D eigenvalue weighted by Gasteiger charge is 2.19. The molecule has 0 bridgehead atoms. The Kier molecular flexibility index (Phi) is 5.29. The number of anilines is 1. The highest BCUT2D eigenvalue weighted by atomic mass is 16.5. The van der Waals surface area contributed by atoms with E-state index in [2.05, 4.69) is 23.9 Å². The molecule has 0 spiro atoms. The number of hydrogen-bond acceptors (Lipinski definition) is 6. The first-order valence-electron chi connectivity index (χ1n) is 9.94. The van der Waals surface area contributed by atoms with Crippen molar-refractivity contribution in [2.75, 3.05) is 12.8 Å². The zero-order valence-corrected chi connectivity index (χ0v) is 17.7. The molecule has 2 aromatic carbocycles. The van der Waals surface area contributed by atoms with Crippen molar-refractivity contribution in [2.45, 2.75) is 26.2 Å². The molecule has 4 rings (SSSR count). The fourth-order valence-corrected chi connectivity index (χ4v) is 3.71. The second-order valence-corrected chi connectivity index (χ2v) is 7.61. The normalized spacial score (nSPS) is 11.2. The number of hydrogen-bond donors (Lipinski definition) is 2. The van der Waals surface area contributed by atoms with E-state index >= 15 is 0 Å². The van der Waals surface area contributed by atoms with Crippen LogP contribution in [0.1, 0.15) is 47.1 Å². The van der Waals surface area contributed by atoms with Crippen LogP contribution in [-0.2, 0) is 6.42 Å². The summed E-state index contributed by atoms with van der Waals surface area (Å²) in [5.41, 5.74) is 16.3. The number of nitrogens with two attached hydrogens (primary N) is 2. The van der Waals surface area contributed by atoms with Crippen LogP contribution >= 0.6 is 0 Å². The Balaban J connectivity index is 1.71. The van der Waals surface area contributed by atoms with E-state index in [9.17, 15) is 4.79 Å². The molecule has 31 heavy (non-hydrogen) atoms. The van der Waals surface area contributed by atoms with Crippen molar-refractivity contribution in [3.63, 3.8) is 0 Å². The molecule has 2 heterocycles. The van der Waals surface area contributed by atoms with Crippen molar-refractivity contribution in [1.82, 2.24) is 19.6 Å². The number of ether oxygens (including phenoxy) is 1. The Morgan fingerprint density at radius 1 is 1.16 bits per heavy atom. The molecular formula is C23H24N6O2. The summed E-state index contributed by atoms with van der Waals surface area (Å²) in [6.07, 6.45) is 2.04. The maximum absolute atomic E-state index is 11.7. The molecule has 0 unspecified atom stereocenters. The van der Waals surface area contributed by atoms with Gasteiger partial charge in [0.25, 0.3) is 5.91 Å². The Bertz CT molecular complexity index is 1260. The summed E-state index contributed by atoms with van der Waals surface area (Å²) in [6.45, 7) is 4.13. The first-order valence-corrected chi connectivity index (χ1v) is 9.94. The zero-order valence-electron chi connectivity index (χ0n) is 17.7. The predicted molar refractivity (Wildman–Crippen MR) is 119 cm³/mol. The number of imidazole rings is 1. The monoisotopic (exact) mass is 416 g/mol. The Morgan fingerprint density at radius 3 is 2.55 bits per heavy atom. The van der Waals surface area contributed by atoms with E-state index in [0.717, 1.165) is 28.2 Å². The lowest BCUT2D eigenvalue weighted by molar-refractivity contribution is 0.0997. The second-order valence-electron chi connectivity index (χ2n) is 7.61. The Morgan fingerprint density at radius 2 is 1.90 bits per heavy atom. The summed E-state index contributed by atoms with van der Waals surface area (Å²) in [4.78, 5) is 20.6. The van der Waals surface area contributed by atoms with Crippen LogP contribution in [0.4, 0.5) is 5.82 Å². The molecular weight excluding hydrogens is 392 g/mol. The van der Waals surface area contributed by atoms with Crippen LogP contribution in [0, 0.1) is 0 Å². The topological polar surface area (TPSA) is 121 Å². The van der Waals surface area contributed by atoms with Crippen LogP contribution in [0.2, 0.25) is 0 Å². The molecule has 0 aliphatic rings. The third kappa shape index (κ3) is 3.68. The summed E-state index contributed by atoms with van der Waals surface area (Å²) in [7, 11) is 1.54. The van der Waals surface area contributed by atoms with E-state index in [-0.39, 0.29) is 5.92 Å². The molecule has 2 aromatic heterocycles. The van der Waals surface area contributed by atoms with Gasteiger partial charge < -0.3 is 16.2 Å². The average molecular weight is 416 g/mol. The standard InChI is InChI=1S/C23H24N6O2/c1-13(2)23-28-18(19-21(24)26-12-27-29(19)23)15-9-7-14(8-10-15)11-16-5-4-6-17(22(25)30)20(16)31-3/h4-10,12-13H,11H2,1-3H3,(H2,25,30)(H2,24,26,27). The van der Waals surface area contributed by atoms with E-state index in [1.165, 1.54) is 13.4 Å². The van der Waals surface area contributed by atoms with Crippen molar-refractivity contribution >= 4 is 17.2 Å². The predicted octanol–water partition coefficient (Wildman–Crippen LogP) is 3.20. The van der Waals surface area contributed by atoms with Crippen molar-refractivity contribution < 1.29 is 9.53 Å². The molecule has 0 aliphatic heterocycles. The van der Waals surface area contributed by atoms with Crippen LogP contribution < -0.4 is 16.2 Å². The Hall–Kier alpha value is -3.94. The summed E-state index contributed by atoms with van der Waals surface area (Å²) < 4.78 is 7.21. The number of primary amides is 1. The lowest BCUT2D eigenvalue weighted by Gasteiger charge is -2.12. The van der Waals surface area contributed by atoms with Gasteiger partial charge in [0.1, 0.15) is 29.1 Å². The third-order valence-corrected chi connectivity index (χ3v) is 5.19.